The van der Waals surface area contributed by atoms with Gasteiger partial charge in [-0.3, -0.25) is 0 Å². The number of allylic oxidation sites excluding steroid dienone is 2. The maximum Gasteiger partial charge on any atom is 0.335 e. The molecule has 0 bridgehead atoms. The molecular formula is C45H64O5. The molecule has 0 saturated heterocycles. The van der Waals surface area contributed by atoms with E-state index in [2.05, 4.69) is 61.9 Å². The molecule has 0 heterocycles. The minimum atomic E-state index is -0.560. The summed E-state index contributed by atoms with van der Waals surface area (Å²) in [5, 5.41) is 9.28. The molecule has 5 heteroatoms. The largest absolute Gasteiger partial charge is 0.466 e. The molecule has 2 aliphatic rings. The first-order chi connectivity index (χ1) is 24.3. The lowest BCUT2D eigenvalue weighted by atomic mass is 9.68. The van der Waals surface area contributed by atoms with E-state index in [4.69, 9.17) is 4.74 Å². The van der Waals surface area contributed by atoms with E-state index in [1.807, 2.05) is 0 Å². The van der Waals surface area contributed by atoms with Crippen molar-refractivity contribution in [2.45, 2.75) is 136 Å². The summed E-state index contributed by atoms with van der Waals surface area (Å²) in [6, 6.07) is 14.5. The topological polar surface area (TPSA) is 72.8 Å². The quantitative estimate of drug-likeness (QED) is 0.102. The van der Waals surface area contributed by atoms with Crippen molar-refractivity contribution >= 4 is 11.9 Å². The Labute approximate surface area is 302 Å². The first-order valence-electron chi connectivity index (χ1n) is 19.7. The van der Waals surface area contributed by atoms with Crippen molar-refractivity contribution in [2.24, 2.45) is 17.8 Å². The van der Waals surface area contributed by atoms with Gasteiger partial charge < -0.3 is 14.6 Å². The molecule has 5 nitrogen and oxygen atoms in total. The fraction of sp³-hybridized carbons (Fsp3) is 0.600. The average molecular weight is 685 g/mol. The highest BCUT2D eigenvalue weighted by Crippen LogP contribution is 2.45. The third-order valence-electron chi connectivity index (χ3n) is 11.7. The number of carbonyl (C=O) groups is 2. The Morgan fingerprint density at radius 3 is 2.20 bits per heavy atom. The molecule has 0 aliphatic heterocycles. The Morgan fingerprint density at radius 2 is 1.56 bits per heavy atom. The van der Waals surface area contributed by atoms with Crippen LogP contribution in [0.2, 0.25) is 0 Å². The molecule has 1 N–H and O–H groups in total. The number of esters is 2. The number of methoxy groups -OCH3 is 1. The van der Waals surface area contributed by atoms with E-state index in [1.54, 1.807) is 24.6 Å². The van der Waals surface area contributed by atoms with E-state index in [-0.39, 0.29) is 11.5 Å². The summed E-state index contributed by atoms with van der Waals surface area (Å²) in [7, 11) is 1.28. The highest BCUT2D eigenvalue weighted by atomic mass is 16.5. The summed E-state index contributed by atoms with van der Waals surface area (Å²) >= 11 is 0. The van der Waals surface area contributed by atoms with E-state index in [1.165, 1.54) is 112 Å². The monoisotopic (exact) mass is 684 g/mol. The SMILES string of the molecule is CCCCCc1ccc(-c2ccc(C3CCC(C4CCC(CCCOC(=O)/C(C)=C\C/C=C(\CO)C(=O)OC)CC4)CC3)cc2CC)cc1C. The first kappa shape index (κ1) is 39.6. The molecule has 2 aromatic rings. The highest BCUT2D eigenvalue weighted by Gasteiger charge is 2.31. The molecule has 0 aromatic heterocycles. The number of rotatable bonds is 17. The molecule has 0 radical (unpaired) electrons. The lowest BCUT2D eigenvalue weighted by molar-refractivity contribution is -0.139. The molecule has 50 heavy (non-hydrogen) atoms. The Bertz CT molecular complexity index is 1440. The van der Waals surface area contributed by atoms with Crippen molar-refractivity contribution in [1.29, 1.82) is 0 Å². The van der Waals surface area contributed by atoms with Gasteiger partial charge in [-0.15, -0.1) is 0 Å². The fourth-order valence-electron chi connectivity index (χ4n) is 8.48. The van der Waals surface area contributed by atoms with Crippen molar-refractivity contribution in [3.8, 4) is 11.1 Å². The molecule has 2 aliphatic carbocycles. The number of benzene rings is 2. The van der Waals surface area contributed by atoms with Gasteiger partial charge in [0, 0.05) is 5.57 Å². The third kappa shape index (κ3) is 11.4. The van der Waals surface area contributed by atoms with Crippen LogP contribution >= 0.6 is 0 Å². The van der Waals surface area contributed by atoms with Crippen LogP contribution < -0.4 is 0 Å². The second kappa shape index (κ2) is 20.6. The lowest BCUT2D eigenvalue weighted by Gasteiger charge is -2.38. The molecule has 2 saturated carbocycles. The second-order valence-electron chi connectivity index (χ2n) is 15.0. The van der Waals surface area contributed by atoms with Crippen LogP contribution in [0.1, 0.15) is 139 Å². The fourth-order valence-corrected chi connectivity index (χ4v) is 8.48. The highest BCUT2D eigenvalue weighted by molar-refractivity contribution is 5.89. The van der Waals surface area contributed by atoms with Crippen LogP contribution in [-0.4, -0.2) is 37.4 Å². The van der Waals surface area contributed by atoms with Crippen LogP contribution in [0.5, 0.6) is 0 Å². The molecule has 2 aromatic carbocycles. The van der Waals surface area contributed by atoms with E-state index < -0.39 is 12.6 Å². The van der Waals surface area contributed by atoms with Gasteiger partial charge in [0.15, 0.2) is 0 Å². The van der Waals surface area contributed by atoms with Gasteiger partial charge in [-0.2, -0.15) is 0 Å². The van der Waals surface area contributed by atoms with Crippen molar-refractivity contribution in [3.05, 3.63) is 82.0 Å². The Morgan fingerprint density at radius 1 is 0.840 bits per heavy atom. The van der Waals surface area contributed by atoms with Gasteiger partial charge in [0.25, 0.3) is 0 Å². The van der Waals surface area contributed by atoms with E-state index in [0.717, 1.165) is 37.0 Å². The molecule has 0 spiro atoms. The van der Waals surface area contributed by atoms with Gasteiger partial charge in [0.05, 0.1) is 25.9 Å². The van der Waals surface area contributed by atoms with Crippen LogP contribution in [0.15, 0.2) is 59.7 Å². The van der Waals surface area contributed by atoms with Crippen molar-refractivity contribution < 1.29 is 24.2 Å². The standard InChI is InChI=1S/C45H64O5/c1-6-8-9-14-36-20-25-41(29-33(36)4)43-27-26-40(30-35(43)7-2)39-23-21-38(22-24-39)37-18-16-34(17-19-37)13-11-28-50-44(47)32(3)12-10-15-42(31-46)45(48)49-5/h12,15,20,25-27,29-30,34,37-39,46H,6-11,13-14,16-19,21-24,28,31H2,1-5H3/b32-12-,42-15+. The molecule has 2 fully saturated rings. The summed E-state index contributed by atoms with van der Waals surface area (Å²) in [5.41, 5.74) is 9.46. The minimum absolute atomic E-state index is 0.184. The van der Waals surface area contributed by atoms with Gasteiger partial charge in [-0.25, -0.2) is 9.59 Å². The van der Waals surface area contributed by atoms with Gasteiger partial charge >= 0.3 is 11.9 Å². The zero-order valence-electron chi connectivity index (χ0n) is 31.7. The Hall–Kier alpha value is -3.18. The number of aryl methyl sites for hydroxylation is 3. The summed E-state index contributed by atoms with van der Waals surface area (Å²) in [4.78, 5) is 23.9. The number of carbonyl (C=O) groups excluding carboxylic acids is 2. The molecule has 0 atom stereocenters. The molecule has 4 rings (SSSR count). The van der Waals surface area contributed by atoms with E-state index in [9.17, 15) is 14.7 Å². The van der Waals surface area contributed by atoms with Crippen LogP contribution in [0.3, 0.4) is 0 Å². The van der Waals surface area contributed by atoms with Crippen molar-refractivity contribution in [2.75, 3.05) is 20.3 Å². The molecular weight excluding hydrogens is 620 g/mol. The van der Waals surface area contributed by atoms with E-state index >= 15 is 0 Å². The normalized spacial score (nSPS) is 21.6. The van der Waals surface area contributed by atoms with E-state index in [0.29, 0.717) is 24.5 Å². The number of hydrogen-bond acceptors (Lipinski definition) is 5. The van der Waals surface area contributed by atoms with Gasteiger partial charge in [0.2, 0.25) is 0 Å². The summed E-state index contributed by atoms with van der Waals surface area (Å²) in [6.45, 7) is 8.63. The van der Waals surface area contributed by atoms with Crippen LogP contribution in [0, 0.1) is 24.7 Å². The van der Waals surface area contributed by atoms with Crippen molar-refractivity contribution in [1.82, 2.24) is 0 Å². The van der Waals surface area contributed by atoms with Gasteiger partial charge in [0.1, 0.15) is 0 Å². The number of hydrogen-bond donors (Lipinski definition) is 1. The van der Waals surface area contributed by atoms with Gasteiger partial charge in [-0.1, -0.05) is 88.1 Å². The molecule has 274 valence electrons. The molecule has 0 unspecified atom stereocenters. The maximum absolute atomic E-state index is 12.4. The Balaban J connectivity index is 1.17. The van der Waals surface area contributed by atoms with Gasteiger partial charge in [-0.05, 0) is 148 Å². The summed E-state index contributed by atoms with van der Waals surface area (Å²) in [5.74, 6) is 2.31. The van der Waals surface area contributed by atoms with Crippen molar-refractivity contribution in [3.63, 3.8) is 0 Å². The molecule has 0 amide bonds. The predicted molar refractivity (Wildman–Crippen MR) is 205 cm³/mol. The first-order valence-corrected chi connectivity index (χ1v) is 19.7. The Kier molecular flexibility index (Phi) is 16.3. The zero-order chi connectivity index (χ0) is 35.9. The second-order valence-corrected chi connectivity index (χ2v) is 15.0. The predicted octanol–water partition coefficient (Wildman–Crippen LogP) is 10.8. The van der Waals surface area contributed by atoms with Crippen LogP contribution in [0.25, 0.3) is 11.1 Å². The smallest absolute Gasteiger partial charge is 0.335 e. The number of unbranched alkanes of at least 4 members (excludes halogenated alkanes) is 2. The van der Waals surface area contributed by atoms with Crippen LogP contribution in [-0.2, 0) is 31.9 Å². The zero-order valence-corrected chi connectivity index (χ0v) is 31.7. The lowest BCUT2D eigenvalue weighted by Crippen LogP contribution is -2.25. The average Bonchev–Trinajstić information content (AvgIpc) is 3.15. The summed E-state index contributed by atoms with van der Waals surface area (Å²) in [6.07, 6.45) is 22.5. The van der Waals surface area contributed by atoms with Crippen LogP contribution in [0.4, 0.5) is 0 Å². The summed E-state index contributed by atoms with van der Waals surface area (Å²) < 4.78 is 10.1. The number of aliphatic hydroxyl groups is 1. The number of ether oxygens (including phenoxy) is 2. The maximum atomic E-state index is 12.4. The minimum Gasteiger partial charge on any atom is -0.466 e. The number of aliphatic hydroxyl groups excluding tert-OH is 1. The third-order valence-corrected chi connectivity index (χ3v) is 11.7.